The van der Waals surface area contributed by atoms with Crippen molar-refractivity contribution in [3.05, 3.63) is 53.3 Å². The van der Waals surface area contributed by atoms with Crippen molar-refractivity contribution in [2.24, 2.45) is 0 Å². The number of aldehydes is 1. The number of pyridine rings is 1. The highest BCUT2D eigenvalue weighted by Crippen LogP contribution is 2.25. The lowest BCUT2D eigenvalue weighted by molar-refractivity contribution is 0.111. The van der Waals surface area contributed by atoms with Gasteiger partial charge in [0.2, 0.25) is 0 Å². The molecule has 0 atom stereocenters. The highest BCUT2D eigenvalue weighted by molar-refractivity contribution is 5.79. The first-order valence-electron chi connectivity index (χ1n) is 7.00. The Morgan fingerprint density at radius 1 is 1.24 bits per heavy atom. The van der Waals surface area contributed by atoms with E-state index >= 15 is 0 Å². The molecule has 1 heterocycles. The second kappa shape index (κ2) is 7.43. The highest BCUT2D eigenvalue weighted by Gasteiger charge is 2.07. The molecular weight excluding hydrogens is 266 g/mol. The Morgan fingerprint density at radius 2 is 2.10 bits per heavy atom. The third kappa shape index (κ3) is 4.05. The van der Waals surface area contributed by atoms with Crippen LogP contribution < -0.4 is 9.47 Å². The van der Waals surface area contributed by atoms with Gasteiger partial charge in [-0.25, -0.2) is 0 Å². The van der Waals surface area contributed by atoms with Gasteiger partial charge in [0.05, 0.1) is 17.9 Å². The zero-order valence-electron chi connectivity index (χ0n) is 12.3. The maximum atomic E-state index is 11.1. The predicted molar refractivity (Wildman–Crippen MR) is 80.9 cm³/mol. The van der Waals surface area contributed by atoms with E-state index in [-0.39, 0.29) is 0 Å². The van der Waals surface area contributed by atoms with E-state index in [0.29, 0.717) is 30.3 Å². The Bertz CT molecular complexity index is 611. The third-order valence-electron chi connectivity index (χ3n) is 3.07. The van der Waals surface area contributed by atoms with Gasteiger partial charge in [-0.1, -0.05) is 13.0 Å². The number of aromatic nitrogens is 1. The molecule has 0 aliphatic rings. The van der Waals surface area contributed by atoms with Crippen LogP contribution in [0.15, 0.2) is 36.5 Å². The standard InChI is InChI=1S/C17H19NO3/c1-3-9-20-15-7-6-14(11-19)17(10-15)21-12-16-13(2)5-4-8-18-16/h4-8,10-11H,3,9,12H2,1-2H3. The monoisotopic (exact) mass is 285 g/mol. The van der Waals surface area contributed by atoms with Crippen molar-refractivity contribution < 1.29 is 14.3 Å². The van der Waals surface area contributed by atoms with Gasteiger partial charge in [-0.15, -0.1) is 0 Å². The van der Waals surface area contributed by atoms with E-state index in [0.717, 1.165) is 24.0 Å². The fraction of sp³-hybridized carbons (Fsp3) is 0.294. The highest BCUT2D eigenvalue weighted by atomic mass is 16.5. The van der Waals surface area contributed by atoms with E-state index in [4.69, 9.17) is 9.47 Å². The van der Waals surface area contributed by atoms with E-state index in [1.54, 1.807) is 24.4 Å². The molecule has 21 heavy (non-hydrogen) atoms. The Labute approximate surface area is 124 Å². The fourth-order valence-corrected chi connectivity index (χ4v) is 1.86. The number of rotatable bonds is 7. The van der Waals surface area contributed by atoms with Gasteiger partial charge in [-0.3, -0.25) is 9.78 Å². The van der Waals surface area contributed by atoms with Crippen LogP contribution in [0.5, 0.6) is 11.5 Å². The summed E-state index contributed by atoms with van der Waals surface area (Å²) in [5, 5.41) is 0. The lowest BCUT2D eigenvalue weighted by Crippen LogP contribution is -2.03. The number of hydrogen-bond donors (Lipinski definition) is 0. The summed E-state index contributed by atoms with van der Waals surface area (Å²) in [7, 11) is 0. The minimum atomic E-state index is 0.324. The first-order valence-corrected chi connectivity index (χ1v) is 7.00. The van der Waals surface area contributed by atoms with Crippen LogP contribution >= 0.6 is 0 Å². The second-order valence-corrected chi connectivity index (χ2v) is 4.72. The Morgan fingerprint density at radius 3 is 2.81 bits per heavy atom. The molecule has 0 saturated heterocycles. The summed E-state index contributed by atoms with van der Waals surface area (Å²) >= 11 is 0. The van der Waals surface area contributed by atoms with Gasteiger partial charge in [0, 0.05) is 12.3 Å². The summed E-state index contributed by atoms with van der Waals surface area (Å²) in [5.74, 6) is 1.22. The van der Waals surface area contributed by atoms with Crippen LogP contribution in [0.2, 0.25) is 0 Å². The van der Waals surface area contributed by atoms with Crippen LogP contribution in [0.3, 0.4) is 0 Å². The number of aryl methyl sites for hydroxylation is 1. The van der Waals surface area contributed by atoms with Crippen molar-refractivity contribution in [1.29, 1.82) is 0 Å². The minimum Gasteiger partial charge on any atom is -0.493 e. The molecule has 0 radical (unpaired) electrons. The number of nitrogens with zero attached hydrogens (tertiary/aromatic N) is 1. The fourth-order valence-electron chi connectivity index (χ4n) is 1.86. The molecule has 0 aliphatic heterocycles. The first-order chi connectivity index (χ1) is 10.2. The van der Waals surface area contributed by atoms with Gasteiger partial charge < -0.3 is 9.47 Å². The van der Waals surface area contributed by atoms with Crippen LogP contribution in [0, 0.1) is 6.92 Å². The number of hydrogen-bond acceptors (Lipinski definition) is 4. The average molecular weight is 285 g/mol. The topological polar surface area (TPSA) is 48.4 Å². The number of ether oxygens (including phenoxy) is 2. The molecule has 0 bridgehead atoms. The van der Waals surface area contributed by atoms with E-state index in [1.807, 2.05) is 26.0 Å². The molecule has 4 heteroatoms. The minimum absolute atomic E-state index is 0.324. The summed E-state index contributed by atoms with van der Waals surface area (Å²) in [6.07, 6.45) is 3.44. The molecule has 0 spiro atoms. The zero-order valence-corrected chi connectivity index (χ0v) is 12.3. The lowest BCUT2D eigenvalue weighted by atomic mass is 10.2. The van der Waals surface area contributed by atoms with Gasteiger partial charge in [-0.05, 0) is 37.1 Å². The van der Waals surface area contributed by atoms with Crippen molar-refractivity contribution >= 4 is 6.29 Å². The van der Waals surface area contributed by atoms with Crippen molar-refractivity contribution in [3.63, 3.8) is 0 Å². The molecule has 0 amide bonds. The smallest absolute Gasteiger partial charge is 0.153 e. The quantitative estimate of drug-likeness (QED) is 0.730. The SMILES string of the molecule is CCCOc1ccc(C=O)c(OCc2ncccc2C)c1. The second-order valence-electron chi connectivity index (χ2n) is 4.72. The first kappa shape index (κ1) is 15.0. The summed E-state index contributed by atoms with van der Waals surface area (Å²) in [4.78, 5) is 15.4. The normalized spacial score (nSPS) is 10.2. The Kier molecular flexibility index (Phi) is 5.32. The number of benzene rings is 1. The average Bonchev–Trinajstić information content (AvgIpc) is 2.52. The summed E-state index contributed by atoms with van der Waals surface area (Å²) in [5.41, 5.74) is 2.42. The van der Waals surface area contributed by atoms with Crippen LogP contribution in [-0.2, 0) is 6.61 Å². The molecular formula is C17H19NO3. The number of carbonyl (C=O) groups is 1. The van der Waals surface area contributed by atoms with Gasteiger partial charge in [0.15, 0.2) is 6.29 Å². The molecule has 110 valence electrons. The molecule has 0 unspecified atom stereocenters. The van der Waals surface area contributed by atoms with E-state index < -0.39 is 0 Å². The zero-order chi connectivity index (χ0) is 15.1. The van der Waals surface area contributed by atoms with Crippen LogP contribution in [0.4, 0.5) is 0 Å². The van der Waals surface area contributed by atoms with Crippen molar-refractivity contribution in [3.8, 4) is 11.5 Å². The van der Waals surface area contributed by atoms with Crippen LogP contribution in [0.1, 0.15) is 35.0 Å². The Balaban J connectivity index is 2.13. The molecule has 2 rings (SSSR count). The molecule has 0 N–H and O–H groups in total. The summed E-state index contributed by atoms with van der Waals surface area (Å²) in [6.45, 7) is 4.98. The van der Waals surface area contributed by atoms with Gasteiger partial charge in [0.1, 0.15) is 18.1 Å². The van der Waals surface area contributed by atoms with E-state index in [1.165, 1.54) is 0 Å². The maximum absolute atomic E-state index is 11.1. The van der Waals surface area contributed by atoms with Gasteiger partial charge >= 0.3 is 0 Å². The predicted octanol–water partition coefficient (Wildman–Crippen LogP) is 3.57. The lowest BCUT2D eigenvalue weighted by Gasteiger charge is -2.12. The van der Waals surface area contributed by atoms with E-state index in [9.17, 15) is 4.79 Å². The maximum Gasteiger partial charge on any atom is 0.153 e. The van der Waals surface area contributed by atoms with Crippen LogP contribution in [-0.4, -0.2) is 17.9 Å². The molecule has 0 aliphatic carbocycles. The molecule has 4 nitrogen and oxygen atoms in total. The summed E-state index contributed by atoms with van der Waals surface area (Å²) in [6, 6.07) is 9.09. The number of carbonyl (C=O) groups excluding carboxylic acids is 1. The Hall–Kier alpha value is -2.36. The molecule has 1 aromatic heterocycles. The van der Waals surface area contributed by atoms with Crippen molar-refractivity contribution in [2.75, 3.05) is 6.61 Å². The third-order valence-corrected chi connectivity index (χ3v) is 3.07. The molecule has 0 saturated carbocycles. The van der Waals surface area contributed by atoms with Crippen molar-refractivity contribution in [2.45, 2.75) is 26.9 Å². The van der Waals surface area contributed by atoms with E-state index in [2.05, 4.69) is 4.98 Å². The molecule has 2 aromatic rings. The summed E-state index contributed by atoms with van der Waals surface area (Å²) < 4.78 is 11.3. The van der Waals surface area contributed by atoms with Gasteiger partial charge in [0.25, 0.3) is 0 Å². The van der Waals surface area contributed by atoms with Crippen molar-refractivity contribution in [1.82, 2.24) is 4.98 Å². The molecule has 1 aromatic carbocycles. The van der Waals surface area contributed by atoms with Crippen LogP contribution in [0.25, 0.3) is 0 Å². The largest absolute Gasteiger partial charge is 0.493 e. The molecule has 0 fully saturated rings. The van der Waals surface area contributed by atoms with Gasteiger partial charge in [-0.2, -0.15) is 0 Å².